The van der Waals surface area contributed by atoms with Crippen LogP contribution in [0.15, 0.2) is 36.5 Å². The van der Waals surface area contributed by atoms with Gasteiger partial charge in [-0.3, -0.25) is 15.1 Å². The van der Waals surface area contributed by atoms with Crippen LogP contribution in [-0.4, -0.2) is 15.0 Å². The van der Waals surface area contributed by atoms with Crippen molar-refractivity contribution in [1.29, 1.82) is 0 Å². The van der Waals surface area contributed by atoms with E-state index in [1.807, 2.05) is 0 Å². The molecule has 6 heteroatoms. The van der Waals surface area contributed by atoms with E-state index in [4.69, 9.17) is 4.74 Å². The number of hydrogen-bond acceptors (Lipinski definition) is 5. The van der Waals surface area contributed by atoms with Gasteiger partial charge in [0.15, 0.2) is 0 Å². The van der Waals surface area contributed by atoms with Crippen molar-refractivity contribution in [2.75, 3.05) is 0 Å². The number of nitro groups is 1. The van der Waals surface area contributed by atoms with E-state index in [0.717, 1.165) is 0 Å². The number of hydrogen-bond donors (Lipinski definition) is 1. The zero-order chi connectivity index (χ0) is 14.7. The molecule has 0 aliphatic carbocycles. The molecule has 0 bridgehead atoms. The number of nitrogens with zero attached hydrogens (tertiary/aromatic N) is 2. The number of benzene rings is 1. The molecular weight excluding hydrogens is 260 g/mol. The van der Waals surface area contributed by atoms with Crippen LogP contribution in [0, 0.1) is 17.0 Å². The van der Waals surface area contributed by atoms with Gasteiger partial charge in [-0.25, -0.2) is 0 Å². The van der Waals surface area contributed by atoms with Crippen molar-refractivity contribution in [1.82, 2.24) is 4.98 Å². The third-order valence-electron chi connectivity index (χ3n) is 2.87. The van der Waals surface area contributed by atoms with Gasteiger partial charge in [0.05, 0.1) is 28.5 Å². The summed E-state index contributed by atoms with van der Waals surface area (Å²) in [7, 11) is 0. The molecule has 1 aromatic heterocycles. The molecule has 0 aliphatic rings. The Morgan fingerprint density at radius 3 is 2.65 bits per heavy atom. The van der Waals surface area contributed by atoms with E-state index >= 15 is 0 Å². The minimum absolute atomic E-state index is 0.0102. The lowest BCUT2D eigenvalue weighted by Crippen LogP contribution is -1.97. The molecule has 1 heterocycles. The van der Waals surface area contributed by atoms with Crippen LogP contribution in [0.5, 0.6) is 11.5 Å². The molecule has 1 atom stereocenters. The molecule has 6 nitrogen and oxygen atoms in total. The molecular formula is C14H14N2O4. The van der Waals surface area contributed by atoms with Crippen LogP contribution in [0.1, 0.15) is 24.3 Å². The highest BCUT2D eigenvalue weighted by Gasteiger charge is 2.14. The monoisotopic (exact) mass is 274 g/mol. The topological polar surface area (TPSA) is 85.5 Å². The Balaban J connectivity index is 2.26. The number of ether oxygens (including phenoxy) is 1. The summed E-state index contributed by atoms with van der Waals surface area (Å²) in [6, 6.07) is 7.96. The van der Waals surface area contributed by atoms with Crippen LogP contribution in [-0.2, 0) is 0 Å². The number of aliphatic hydroxyl groups excluding tert-OH is 1. The average molecular weight is 274 g/mol. The molecule has 2 rings (SSSR count). The molecule has 20 heavy (non-hydrogen) atoms. The van der Waals surface area contributed by atoms with E-state index in [1.54, 1.807) is 38.1 Å². The van der Waals surface area contributed by atoms with Crippen LogP contribution >= 0.6 is 0 Å². The fourth-order valence-electron chi connectivity index (χ4n) is 1.74. The lowest BCUT2D eigenvalue weighted by atomic mass is 10.2. The lowest BCUT2D eigenvalue weighted by molar-refractivity contribution is -0.385. The predicted octanol–water partition coefficient (Wildman–Crippen LogP) is 3.14. The minimum Gasteiger partial charge on any atom is -0.455 e. The van der Waals surface area contributed by atoms with Crippen molar-refractivity contribution in [2.24, 2.45) is 0 Å². The summed E-state index contributed by atoms with van der Waals surface area (Å²) in [6.45, 7) is 3.25. The summed E-state index contributed by atoms with van der Waals surface area (Å²) < 4.78 is 5.59. The van der Waals surface area contributed by atoms with Crippen molar-refractivity contribution in [2.45, 2.75) is 20.0 Å². The van der Waals surface area contributed by atoms with Crippen LogP contribution in [0.4, 0.5) is 5.69 Å². The molecule has 0 saturated heterocycles. The van der Waals surface area contributed by atoms with Gasteiger partial charge in [-0.05, 0) is 32.0 Å². The second-order valence-electron chi connectivity index (χ2n) is 4.35. The Hall–Kier alpha value is -2.47. The van der Waals surface area contributed by atoms with Crippen LogP contribution in [0.25, 0.3) is 0 Å². The number of nitro benzene ring substituents is 1. The van der Waals surface area contributed by atoms with Crippen molar-refractivity contribution in [3.63, 3.8) is 0 Å². The first-order valence-electron chi connectivity index (χ1n) is 6.05. The SMILES string of the molecule is Cc1c(Oc2ccc([C@H](C)O)nc2)cccc1[N+](=O)[O-]. The van der Waals surface area contributed by atoms with Gasteiger partial charge in [-0.2, -0.15) is 0 Å². The zero-order valence-electron chi connectivity index (χ0n) is 11.1. The largest absolute Gasteiger partial charge is 0.455 e. The van der Waals surface area contributed by atoms with Gasteiger partial charge in [0, 0.05) is 6.07 Å². The number of rotatable bonds is 4. The third kappa shape index (κ3) is 2.92. The van der Waals surface area contributed by atoms with Crippen molar-refractivity contribution in [3.05, 3.63) is 57.9 Å². The molecule has 1 N–H and O–H groups in total. The smallest absolute Gasteiger partial charge is 0.276 e. The van der Waals surface area contributed by atoms with Crippen LogP contribution < -0.4 is 4.74 Å². The predicted molar refractivity (Wildman–Crippen MR) is 72.8 cm³/mol. The third-order valence-corrected chi connectivity index (χ3v) is 2.87. The zero-order valence-corrected chi connectivity index (χ0v) is 11.1. The molecule has 0 aliphatic heterocycles. The molecule has 2 aromatic rings. The first kappa shape index (κ1) is 14.0. The Labute approximate surface area is 115 Å². The average Bonchev–Trinajstić information content (AvgIpc) is 2.41. The molecule has 0 saturated carbocycles. The first-order chi connectivity index (χ1) is 9.49. The van der Waals surface area contributed by atoms with E-state index < -0.39 is 11.0 Å². The van der Waals surface area contributed by atoms with E-state index in [9.17, 15) is 15.2 Å². The Morgan fingerprint density at radius 2 is 2.10 bits per heavy atom. The molecule has 0 amide bonds. The molecule has 0 unspecified atom stereocenters. The van der Waals surface area contributed by atoms with E-state index in [1.165, 1.54) is 12.3 Å². The van der Waals surface area contributed by atoms with E-state index in [-0.39, 0.29) is 5.69 Å². The summed E-state index contributed by atoms with van der Waals surface area (Å²) in [5.74, 6) is 0.865. The number of aliphatic hydroxyl groups is 1. The van der Waals surface area contributed by atoms with Gasteiger partial charge in [0.1, 0.15) is 11.5 Å². The Kier molecular flexibility index (Phi) is 3.95. The summed E-state index contributed by atoms with van der Waals surface area (Å²) in [5, 5.41) is 20.2. The van der Waals surface area contributed by atoms with Gasteiger partial charge < -0.3 is 9.84 Å². The molecule has 0 spiro atoms. The fraction of sp³-hybridized carbons (Fsp3) is 0.214. The van der Waals surface area contributed by atoms with Crippen LogP contribution in [0.3, 0.4) is 0 Å². The summed E-state index contributed by atoms with van der Waals surface area (Å²) >= 11 is 0. The second-order valence-corrected chi connectivity index (χ2v) is 4.35. The van der Waals surface area contributed by atoms with Crippen molar-refractivity contribution in [3.8, 4) is 11.5 Å². The molecule has 104 valence electrons. The van der Waals surface area contributed by atoms with Gasteiger partial charge in [-0.1, -0.05) is 6.07 Å². The summed E-state index contributed by atoms with van der Waals surface area (Å²) in [5.41, 5.74) is 1.00. The maximum atomic E-state index is 10.9. The Morgan fingerprint density at radius 1 is 1.35 bits per heavy atom. The van der Waals surface area contributed by atoms with Crippen LogP contribution in [0.2, 0.25) is 0 Å². The number of aromatic nitrogens is 1. The summed E-state index contributed by atoms with van der Waals surface area (Å²) in [4.78, 5) is 14.5. The minimum atomic E-state index is -0.649. The normalized spacial score (nSPS) is 11.9. The Bertz CT molecular complexity index is 624. The molecule has 0 fully saturated rings. The molecule has 1 aromatic carbocycles. The maximum absolute atomic E-state index is 10.9. The first-order valence-corrected chi connectivity index (χ1v) is 6.05. The highest BCUT2D eigenvalue weighted by atomic mass is 16.6. The molecule has 0 radical (unpaired) electrons. The maximum Gasteiger partial charge on any atom is 0.276 e. The van der Waals surface area contributed by atoms with Gasteiger partial charge >= 0.3 is 0 Å². The highest BCUT2D eigenvalue weighted by Crippen LogP contribution is 2.30. The standard InChI is InChI=1S/C14H14N2O4/c1-9-13(16(18)19)4-3-5-14(9)20-11-6-7-12(10(2)17)15-8-11/h3-8,10,17H,1-2H3/t10-/m0/s1. The van der Waals surface area contributed by atoms with Gasteiger partial charge in [0.25, 0.3) is 5.69 Å². The van der Waals surface area contributed by atoms with Gasteiger partial charge in [0.2, 0.25) is 0 Å². The lowest BCUT2D eigenvalue weighted by Gasteiger charge is -2.09. The van der Waals surface area contributed by atoms with E-state index in [0.29, 0.717) is 22.8 Å². The van der Waals surface area contributed by atoms with E-state index in [2.05, 4.69) is 4.98 Å². The summed E-state index contributed by atoms with van der Waals surface area (Å²) in [6.07, 6.45) is 0.823. The van der Waals surface area contributed by atoms with Gasteiger partial charge in [-0.15, -0.1) is 0 Å². The quantitative estimate of drug-likeness (QED) is 0.683. The number of pyridine rings is 1. The highest BCUT2D eigenvalue weighted by molar-refractivity contribution is 5.49. The fourth-order valence-corrected chi connectivity index (χ4v) is 1.74. The second kappa shape index (κ2) is 5.66. The van der Waals surface area contributed by atoms with Crippen molar-refractivity contribution >= 4 is 5.69 Å². The van der Waals surface area contributed by atoms with Crippen molar-refractivity contribution < 1.29 is 14.8 Å².